The topological polar surface area (TPSA) is 78.8 Å². The summed E-state index contributed by atoms with van der Waals surface area (Å²) < 4.78 is 7.30. The number of tetrazole rings is 1. The van der Waals surface area contributed by atoms with Gasteiger partial charge in [0.05, 0.1) is 13.2 Å². The first kappa shape index (κ1) is 14.5. The normalized spacial score (nSPS) is 11.2. The third-order valence-corrected chi connectivity index (χ3v) is 2.97. The number of rotatable bonds is 6. The SMILES string of the molecule is Cc1ccc(-c2nnnn2CCOCC(C)C)cc1N. The molecule has 0 fully saturated rings. The molecular weight excluding hydrogens is 254 g/mol. The van der Waals surface area contributed by atoms with Gasteiger partial charge in [-0.2, -0.15) is 0 Å². The molecule has 1 aromatic heterocycles. The van der Waals surface area contributed by atoms with Crippen molar-refractivity contribution in [1.29, 1.82) is 0 Å². The fourth-order valence-corrected chi connectivity index (χ4v) is 1.81. The molecule has 2 rings (SSSR count). The molecule has 2 N–H and O–H groups in total. The Kier molecular flexibility index (Phi) is 4.68. The number of anilines is 1. The zero-order valence-electron chi connectivity index (χ0n) is 12.2. The molecule has 1 heterocycles. The Balaban J connectivity index is 2.06. The summed E-state index contributed by atoms with van der Waals surface area (Å²) in [7, 11) is 0. The van der Waals surface area contributed by atoms with Crippen LogP contribution in [0.25, 0.3) is 11.4 Å². The zero-order chi connectivity index (χ0) is 14.5. The minimum atomic E-state index is 0.528. The third-order valence-electron chi connectivity index (χ3n) is 2.97. The summed E-state index contributed by atoms with van der Waals surface area (Å²) in [6.45, 7) is 8.19. The second-order valence-electron chi connectivity index (χ2n) is 5.27. The number of benzene rings is 1. The van der Waals surface area contributed by atoms with Gasteiger partial charge in [-0.1, -0.05) is 26.0 Å². The molecule has 108 valence electrons. The fourth-order valence-electron chi connectivity index (χ4n) is 1.81. The van der Waals surface area contributed by atoms with Crippen LogP contribution in [0.1, 0.15) is 19.4 Å². The van der Waals surface area contributed by atoms with Crippen LogP contribution >= 0.6 is 0 Å². The fraction of sp³-hybridized carbons (Fsp3) is 0.500. The average molecular weight is 275 g/mol. The molecule has 0 aliphatic rings. The predicted molar refractivity (Wildman–Crippen MR) is 78.1 cm³/mol. The van der Waals surface area contributed by atoms with Crippen molar-refractivity contribution < 1.29 is 4.74 Å². The van der Waals surface area contributed by atoms with Crippen molar-refractivity contribution in [2.24, 2.45) is 5.92 Å². The van der Waals surface area contributed by atoms with Gasteiger partial charge in [0.2, 0.25) is 0 Å². The lowest BCUT2D eigenvalue weighted by molar-refractivity contribution is 0.101. The van der Waals surface area contributed by atoms with E-state index in [1.807, 2.05) is 25.1 Å². The van der Waals surface area contributed by atoms with Gasteiger partial charge in [-0.25, -0.2) is 4.68 Å². The summed E-state index contributed by atoms with van der Waals surface area (Å²) in [6.07, 6.45) is 0. The molecule has 0 saturated carbocycles. The van der Waals surface area contributed by atoms with Gasteiger partial charge in [0.1, 0.15) is 0 Å². The number of aromatic nitrogens is 4. The van der Waals surface area contributed by atoms with E-state index in [-0.39, 0.29) is 0 Å². The summed E-state index contributed by atoms with van der Waals surface area (Å²) in [5, 5.41) is 11.8. The van der Waals surface area contributed by atoms with Crippen molar-refractivity contribution in [3.8, 4) is 11.4 Å². The van der Waals surface area contributed by atoms with E-state index in [2.05, 4.69) is 29.4 Å². The van der Waals surface area contributed by atoms with Gasteiger partial charge in [0.25, 0.3) is 0 Å². The first-order valence-electron chi connectivity index (χ1n) is 6.78. The van der Waals surface area contributed by atoms with E-state index in [9.17, 15) is 0 Å². The Morgan fingerprint density at radius 2 is 2.15 bits per heavy atom. The van der Waals surface area contributed by atoms with Gasteiger partial charge in [-0.3, -0.25) is 0 Å². The Bertz CT molecular complexity index is 564. The Labute approximate surface area is 118 Å². The quantitative estimate of drug-likeness (QED) is 0.643. The van der Waals surface area contributed by atoms with E-state index in [4.69, 9.17) is 10.5 Å². The van der Waals surface area contributed by atoms with E-state index in [0.29, 0.717) is 24.9 Å². The van der Waals surface area contributed by atoms with Crippen LogP contribution in [-0.2, 0) is 11.3 Å². The summed E-state index contributed by atoms with van der Waals surface area (Å²) >= 11 is 0. The first-order chi connectivity index (χ1) is 9.58. The number of hydrogen-bond acceptors (Lipinski definition) is 5. The molecule has 0 unspecified atom stereocenters. The highest BCUT2D eigenvalue weighted by Gasteiger charge is 2.09. The van der Waals surface area contributed by atoms with Crippen molar-refractivity contribution in [3.63, 3.8) is 0 Å². The second kappa shape index (κ2) is 6.47. The van der Waals surface area contributed by atoms with Crippen LogP contribution in [0.2, 0.25) is 0 Å². The smallest absolute Gasteiger partial charge is 0.182 e. The number of aryl methyl sites for hydroxylation is 1. The summed E-state index contributed by atoms with van der Waals surface area (Å²) in [5.74, 6) is 1.24. The first-order valence-corrected chi connectivity index (χ1v) is 6.78. The van der Waals surface area contributed by atoms with Crippen molar-refractivity contribution >= 4 is 5.69 Å². The third kappa shape index (κ3) is 3.54. The van der Waals surface area contributed by atoms with E-state index >= 15 is 0 Å². The molecule has 0 aliphatic carbocycles. The molecule has 0 spiro atoms. The maximum atomic E-state index is 5.93. The number of hydrogen-bond donors (Lipinski definition) is 1. The van der Waals surface area contributed by atoms with Crippen molar-refractivity contribution in [2.45, 2.75) is 27.3 Å². The number of nitrogen functional groups attached to an aromatic ring is 1. The van der Waals surface area contributed by atoms with Crippen molar-refractivity contribution in [1.82, 2.24) is 20.2 Å². The monoisotopic (exact) mass is 275 g/mol. The second-order valence-corrected chi connectivity index (χ2v) is 5.27. The van der Waals surface area contributed by atoms with Crippen LogP contribution < -0.4 is 5.73 Å². The molecular formula is C14H21N5O. The molecule has 0 amide bonds. The molecule has 0 saturated heterocycles. The summed E-state index contributed by atoms with van der Waals surface area (Å²) in [4.78, 5) is 0. The summed E-state index contributed by atoms with van der Waals surface area (Å²) in [6, 6.07) is 5.84. The lowest BCUT2D eigenvalue weighted by atomic mass is 10.1. The molecule has 6 heteroatoms. The van der Waals surface area contributed by atoms with Gasteiger partial charge in [-0.05, 0) is 34.9 Å². The molecule has 20 heavy (non-hydrogen) atoms. The highest BCUT2D eigenvalue weighted by Crippen LogP contribution is 2.21. The zero-order valence-corrected chi connectivity index (χ0v) is 12.2. The lowest BCUT2D eigenvalue weighted by Crippen LogP contribution is -2.11. The minimum Gasteiger partial charge on any atom is -0.398 e. The van der Waals surface area contributed by atoms with Gasteiger partial charge >= 0.3 is 0 Å². The van der Waals surface area contributed by atoms with Gasteiger partial charge in [0.15, 0.2) is 5.82 Å². The van der Waals surface area contributed by atoms with E-state index < -0.39 is 0 Å². The maximum absolute atomic E-state index is 5.93. The molecule has 6 nitrogen and oxygen atoms in total. The van der Waals surface area contributed by atoms with Gasteiger partial charge in [0, 0.05) is 17.9 Å². The van der Waals surface area contributed by atoms with Crippen LogP contribution in [-0.4, -0.2) is 33.4 Å². The Hall–Kier alpha value is -1.95. The lowest BCUT2D eigenvalue weighted by Gasteiger charge is -2.08. The number of nitrogens with zero attached hydrogens (tertiary/aromatic N) is 4. The molecule has 1 aromatic carbocycles. The van der Waals surface area contributed by atoms with Crippen LogP contribution in [0.3, 0.4) is 0 Å². The molecule has 2 aromatic rings. The number of ether oxygens (including phenoxy) is 1. The number of nitrogens with two attached hydrogens (primary N) is 1. The Morgan fingerprint density at radius 1 is 1.35 bits per heavy atom. The van der Waals surface area contributed by atoms with Gasteiger partial charge < -0.3 is 10.5 Å². The minimum absolute atomic E-state index is 0.528. The van der Waals surface area contributed by atoms with Crippen LogP contribution in [0, 0.1) is 12.8 Å². The van der Waals surface area contributed by atoms with Crippen molar-refractivity contribution in [2.75, 3.05) is 18.9 Å². The van der Waals surface area contributed by atoms with E-state index in [0.717, 1.165) is 23.4 Å². The van der Waals surface area contributed by atoms with E-state index in [1.54, 1.807) is 4.68 Å². The van der Waals surface area contributed by atoms with Crippen molar-refractivity contribution in [3.05, 3.63) is 23.8 Å². The van der Waals surface area contributed by atoms with Crippen LogP contribution in [0.4, 0.5) is 5.69 Å². The highest BCUT2D eigenvalue weighted by atomic mass is 16.5. The van der Waals surface area contributed by atoms with E-state index in [1.165, 1.54) is 0 Å². The van der Waals surface area contributed by atoms with Crippen LogP contribution in [0.15, 0.2) is 18.2 Å². The maximum Gasteiger partial charge on any atom is 0.182 e. The largest absolute Gasteiger partial charge is 0.398 e. The Morgan fingerprint density at radius 3 is 2.85 bits per heavy atom. The predicted octanol–water partition coefficient (Wildman–Crippen LogP) is 1.90. The van der Waals surface area contributed by atoms with Crippen LogP contribution in [0.5, 0.6) is 0 Å². The molecule has 0 atom stereocenters. The standard InChI is InChI=1S/C14H21N5O/c1-10(2)9-20-7-6-19-14(16-17-18-19)12-5-4-11(3)13(15)8-12/h4-5,8,10H,6-7,9,15H2,1-3H3. The molecule has 0 aliphatic heterocycles. The molecule has 0 radical (unpaired) electrons. The highest BCUT2D eigenvalue weighted by molar-refractivity contribution is 5.63. The average Bonchev–Trinajstić information content (AvgIpc) is 2.86. The van der Waals surface area contributed by atoms with Gasteiger partial charge in [-0.15, -0.1) is 5.10 Å². The summed E-state index contributed by atoms with van der Waals surface area (Å²) in [5.41, 5.74) is 8.64. The molecule has 0 bridgehead atoms.